The first-order chi connectivity index (χ1) is 17.3. The van der Waals surface area contributed by atoms with Gasteiger partial charge in [0.15, 0.2) is 10.2 Å². The Morgan fingerprint density at radius 2 is 1.03 bits per heavy atom. The van der Waals surface area contributed by atoms with Crippen molar-refractivity contribution < 1.29 is 0 Å². The van der Waals surface area contributed by atoms with Gasteiger partial charge in [0.2, 0.25) is 0 Å². The predicted octanol–water partition coefficient (Wildman–Crippen LogP) is 6.57. The minimum atomic E-state index is 0.422. The highest BCUT2D eigenvalue weighted by atomic mass is 32.1. The third-order valence-electron chi connectivity index (χ3n) is 5.34. The first kappa shape index (κ1) is 27.0. The number of nitrogens with zero attached hydrogens (tertiary/aromatic N) is 2. The van der Waals surface area contributed by atoms with Gasteiger partial charge in [0.1, 0.15) is 0 Å². The molecule has 0 aliphatic carbocycles. The highest BCUT2D eigenvalue weighted by molar-refractivity contribution is 7.80. The van der Waals surface area contributed by atoms with Crippen LogP contribution < -0.4 is 21.5 Å². The van der Waals surface area contributed by atoms with Gasteiger partial charge in [-0.1, -0.05) is 70.2 Å². The molecule has 0 aliphatic rings. The monoisotopic (exact) mass is 516 g/mol. The zero-order valence-corrected chi connectivity index (χ0v) is 22.6. The van der Waals surface area contributed by atoms with Crippen molar-refractivity contribution in [1.29, 1.82) is 0 Å². The summed E-state index contributed by atoms with van der Waals surface area (Å²) >= 11 is 10.6. The van der Waals surface area contributed by atoms with Crippen LogP contribution in [0.2, 0.25) is 0 Å². The van der Waals surface area contributed by atoms with Gasteiger partial charge >= 0.3 is 0 Å². The van der Waals surface area contributed by atoms with Crippen molar-refractivity contribution in [2.24, 2.45) is 10.2 Å². The third kappa shape index (κ3) is 8.87. The fourth-order valence-electron chi connectivity index (χ4n) is 3.27. The number of hydrogen-bond acceptors (Lipinski definition) is 4. The second kappa shape index (κ2) is 13.5. The van der Waals surface area contributed by atoms with Crippen molar-refractivity contribution in [2.45, 2.75) is 39.5 Å². The van der Waals surface area contributed by atoms with E-state index in [0.717, 1.165) is 22.5 Å². The van der Waals surface area contributed by atoms with Crippen molar-refractivity contribution in [2.75, 3.05) is 10.6 Å². The fourth-order valence-corrected chi connectivity index (χ4v) is 3.61. The molecule has 0 aliphatic heterocycles. The topological polar surface area (TPSA) is 72.8 Å². The van der Waals surface area contributed by atoms with Gasteiger partial charge in [0.25, 0.3) is 0 Å². The second-order valence-electron chi connectivity index (χ2n) is 8.87. The first-order valence-corrected chi connectivity index (χ1v) is 12.6. The van der Waals surface area contributed by atoms with Crippen LogP contribution >= 0.6 is 24.4 Å². The summed E-state index contributed by atoms with van der Waals surface area (Å²) in [5.41, 5.74) is 11.9. The predicted molar refractivity (Wildman–Crippen MR) is 161 cm³/mol. The Labute approximate surface area is 224 Å². The van der Waals surface area contributed by atoms with Gasteiger partial charge in [0, 0.05) is 11.4 Å². The molecule has 0 spiro atoms. The van der Waals surface area contributed by atoms with Crippen LogP contribution in [0.4, 0.5) is 11.4 Å². The zero-order valence-electron chi connectivity index (χ0n) is 20.9. The lowest BCUT2D eigenvalue weighted by molar-refractivity contribution is 0.867. The molecule has 0 saturated carbocycles. The van der Waals surface area contributed by atoms with Crippen molar-refractivity contribution in [3.8, 4) is 0 Å². The van der Waals surface area contributed by atoms with Crippen LogP contribution in [0, 0.1) is 0 Å². The molecule has 0 unspecified atom stereocenters. The van der Waals surface area contributed by atoms with Gasteiger partial charge in [-0.3, -0.25) is 10.9 Å². The number of rotatable bonds is 8. The maximum absolute atomic E-state index is 5.32. The number of nitrogens with one attached hydrogen (secondary N) is 4. The Hall–Kier alpha value is -3.62. The summed E-state index contributed by atoms with van der Waals surface area (Å²) in [4.78, 5) is 0. The maximum Gasteiger partial charge on any atom is 0.191 e. The second-order valence-corrected chi connectivity index (χ2v) is 9.69. The molecule has 3 aromatic carbocycles. The van der Waals surface area contributed by atoms with E-state index in [1.807, 2.05) is 48.5 Å². The smallest absolute Gasteiger partial charge is 0.191 e. The summed E-state index contributed by atoms with van der Waals surface area (Å²) in [7, 11) is 0. The standard InChI is InChI=1S/C28H32N6S2/c1-19(2)23-8-12-25(13-9-23)31-27(35)33-29-17-21-6-5-7-22(16-21)18-30-34-28(36)32-26-14-10-24(11-15-26)20(3)4/h5-20H,1-4H3,(H2,31,33,35)(H2,32,34,36). The van der Waals surface area contributed by atoms with Gasteiger partial charge in [0.05, 0.1) is 12.4 Å². The van der Waals surface area contributed by atoms with Crippen molar-refractivity contribution >= 4 is 58.5 Å². The Balaban J connectivity index is 1.46. The third-order valence-corrected chi connectivity index (χ3v) is 5.73. The van der Waals surface area contributed by atoms with Crippen LogP contribution in [0.25, 0.3) is 0 Å². The normalized spacial score (nSPS) is 11.3. The average molecular weight is 517 g/mol. The van der Waals surface area contributed by atoms with E-state index in [4.69, 9.17) is 24.4 Å². The molecule has 186 valence electrons. The van der Waals surface area contributed by atoms with Crippen LogP contribution in [0.1, 0.15) is 61.8 Å². The van der Waals surface area contributed by atoms with E-state index in [0.29, 0.717) is 22.1 Å². The molecule has 0 heterocycles. The van der Waals surface area contributed by atoms with Gasteiger partial charge in [-0.15, -0.1) is 0 Å². The lowest BCUT2D eigenvalue weighted by Crippen LogP contribution is -2.24. The van der Waals surface area contributed by atoms with Crippen molar-refractivity contribution in [1.82, 2.24) is 10.9 Å². The fraction of sp³-hybridized carbons (Fsp3) is 0.214. The summed E-state index contributed by atoms with van der Waals surface area (Å²) in [6.07, 6.45) is 3.40. The molecule has 3 rings (SSSR count). The van der Waals surface area contributed by atoms with Crippen LogP contribution in [-0.4, -0.2) is 22.7 Å². The lowest BCUT2D eigenvalue weighted by Gasteiger charge is -2.09. The number of anilines is 2. The minimum Gasteiger partial charge on any atom is -0.331 e. The largest absolute Gasteiger partial charge is 0.331 e. The van der Waals surface area contributed by atoms with Gasteiger partial charge < -0.3 is 10.6 Å². The van der Waals surface area contributed by atoms with Crippen molar-refractivity contribution in [3.63, 3.8) is 0 Å². The lowest BCUT2D eigenvalue weighted by atomic mass is 10.0. The quantitative estimate of drug-likeness (QED) is 0.154. The Morgan fingerprint density at radius 1 is 0.639 bits per heavy atom. The number of thiocarbonyl (C=S) groups is 2. The van der Waals surface area contributed by atoms with Crippen molar-refractivity contribution in [3.05, 3.63) is 95.1 Å². The van der Waals surface area contributed by atoms with E-state index in [2.05, 4.69) is 83.6 Å². The number of benzene rings is 3. The van der Waals surface area contributed by atoms with E-state index < -0.39 is 0 Å². The summed E-state index contributed by atoms with van der Waals surface area (Å²) in [6.45, 7) is 8.67. The van der Waals surface area contributed by atoms with E-state index in [1.54, 1.807) is 12.4 Å². The summed E-state index contributed by atoms with van der Waals surface area (Å²) in [6, 6.07) is 24.2. The average Bonchev–Trinajstić information content (AvgIpc) is 2.85. The molecule has 8 heteroatoms. The molecule has 0 bridgehead atoms. The molecule has 36 heavy (non-hydrogen) atoms. The van der Waals surface area contributed by atoms with Crippen LogP contribution in [0.3, 0.4) is 0 Å². The Kier molecular flexibility index (Phi) is 10.1. The van der Waals surface area contributed by atoms with Gasteiger partial charge in [-0.2, -0.15) is 10.2 Å². The maximum atomic E-state index is 5.32. The highest BCUT2D eigenvalue weighted by Crippen LogP contribution is 2.18. The Bertz CT molecular complexity index is 1120. The zero-order chi connectivity index (χ0) is 25.9. The molecular formula is C28H32N6S2. The van der Waals surface area contributed by atoms with E-state index in [1.165, 1.54) is 11.1 Å². The van der Waals surface area contributed by atoms with E-state index >= 15 is 0 Å². The number of hydrazone groups is 2. The number of hydrogen-bond donors (Lipinski definition) is 4. The first-order valence-electron chi connectivity index (χ1n) is 11.8. The molecule has 6 nitrogen and oxygen atoms in total. The molecule has 4 N–H and O–H groups in total. The summed E-state index contributed by atoms with van der Waals surface area (Å²) < 4.78 is 0. The molecule has 0 radical (unpaired) electrons. The van der Waals surface area contributed by atoms with Crippen LogP contribution in [-0.2, 0) is 0 Å². The molecule has 0 aromatic heterocycles. The molecule has 0 atom stereocenters. The summed E-state index contributed by atoms with van der Waals surface area (Å²) in [5, 5.41) is 15.6. The molecule has 0 amide bonds. The van der Waals surface area contributed by atoms with Crippen LogP contribution in [0.15, 0.2) is 83.0 Å². The molecule has 0 saturated heterocycles. The van der Waals surface area contributed by atoms with E-state index in [9.17, 15) is 0 Å². The summed E-state index contributed by atoms with van der Waals surface area (Å²) in [5.74, 6) is 0.984. The van der Waals surface area contributed by atoms with Gasteiger partial charge in [-0.05, 0) is 88.9 Å². The Morgan fingerprint density at radius 3 is 1.39 bits per heavy atom. The van der Waals surface area contributed by atoms with Crippen LogP contribution in [0.5, 0.6) is 0 Å². The molecule has 0 fully saturated rings. The molecule has 3 aromatic rings. The molecular weight excluding hydrogens is 484 g/mol. The van der Waals surface area contributed by atoms with E-state index in [-0.39, 0.29) is 0 Å². The minimum absolute atomic E-state index is 0.422. The van der Waals surface area contributed by atoms with Gasteiger partial charge in [-0.25, -0.2) is 0 Å². The SMILES string of the molecule is CC(C)c1ccc(NC(=S)NN=Cc2cccc(C=NNC(=S)Nc3ccc(C(C)C)cc3)c2)cc1. The highest BCUT2D eigenvalue weighted by Gasteiger charge is 2.01.